The van der Waals surface area contributed by atoms with Gasteiger partial charge in [0.25, 0.3) is 0 Å². The zero-order valence-electron chi connectivity index (χ0n) is 11.2. The Balaban J connectivity index is -0.0000000480. The Kier molecular flexibility index (Phi) is 53.7. The number of carbonyl (C=O) groups is 3. The van der Waals surface area contributed by atoms with Gasteiger partial charge in [0.15, 0.2) is 0 Å². The van der Waals surface area contributed by atoms with Crippen LogP contribution in [0.3, 0.4) is 0 Å². The number of hydrogen-bond donors (Lipinski definition) is 1. The Morgan fingerprint density at radius 1 is 0.842 bits per heavy atom. The molecule has 13 heteroatoms. The largest absolute Gasteiger partial charge is 1.00 e. The molecule has 0 unspecified atom stereocenters. The van der Waals surface area contributed by atoms with Gasteiger partial charge in [0.1, 0.15) is 5.60 Å². The normalized spacial score (nSPS) is 7.42. The van der Waals surface area contributed by atoms with Crippen LogP contribution < -0.4 is 221 Å². The van der Waals surface area contributed by atoms with E-state index in [0.717, 1.165) is 0 Å². The molecule has 0 atom stereocenters. The van der Waals surface area contributed by atoms with E-state index < -0.39 is 36.4 Å². The number of carboxylic acids is 3. The van der Waals surface area contributed by atoms with Crippen molar-refractivity contribution in [1.29, 1.82) is 0 Å². The van der Waals surface area contributed by atoms with Crippen LogP contribution in [0.5, 0.6) is 0 Å². The first-order valence-corrected chi connectivity index (χ1v) is 3.11. The Hall–Kier alpha value is 5.17. The SMILES string of the molecule is Cl.O=C([O-])CC(O)(CC(=O)[O-])C(=O)[O-].[K+].[K+].[K+].[K+].[OH-]. The van der Waals surface area contributed by atoms with E-state index in [9.17, 15) is 29.7 Å². The van der Waals surface area contributed by atoms with E-state index in [2.05, 4.69) is 0 Å². The molecule has 90 valence electrons. The zero-order chi connectivity index (χ0) is 10.6. The second-order valence-corrected chi connectivity index (χ2v) is 2.42. The quantitative estimate of drug-likeness (QED) is 0.444. The van der Waals surface area contributed by atoms with Crippen molar-refractivity contribution in [2.24, 2.45) is 0 Å². The molecule has 0 saturated carbocycles. The third kappa shape index (κ3) is 23.2. The Bertz CT molecular complexity index is 248. The van der Waals surface area contributed by atoms with Gasteiger partial charge in [-0.25, -0.2) is 0 Å². The molecule has 0 saturated heterocycles. The third-order valence-electron chi connectivity index (χ3n) is 1.25. The molecule has 0 aromatic carbocycles. The molecule has 0 aliphatic rings. The van der Waals surface area contributed by atoms with Crippen LogP contribution in [0.25, 0.3) is 0 Å². The van der Waals surface area contributed by atoms with Crippen molar-refractivity contribution in [3.05, 3.63) is 0 Å². The molecule has 0 rings (SSSR count). The number of carboxylic acid groups (broad SMARTS) is 3. The third-order valence-corrected chi connectivity index (χ3v) is 1.25. The van der Waals surface area contributed by atoms with E-state index in [-0.39, 0.29) is 223 Å². The molecule has 0 radical (unpaired) electrons. The van der Waals surface area contributed by atoms with Gasteiger partial charge in [-0.1, -0.05) is 0 Å². The zero-order valence-corrected chi connectivity index (χ0v) is 24.5. The fourth-order valence-corrected chi connectivity index (χ4v) is 0.684. The first kappa shape index (κ1) is 44.0. The molecule has 0 amide bonds. The summed E-state index contributed by atoms with van der Waals surface area (Å²) in [4.78, 5) is 30.0. The molecule has 0 heterocycles. The standard InChI is InChI=1S/C6H8O7.ClH.4K.H2O/c7-3(8)1-6(13,5(11)12)2-4(9)10;;;;;;/h13H,1-2H2,(H,7,8)(H,9,10)(H,11,12);1H;;;;;1H2/q;;4*+1;/p-4. The molecule has 0 aromatic heterocycles. The number of aliphatic hydroxyl groups is 1. The molecular weight excluding hydrogens is 392 g/mol. The summed E-state index contributed by atoms with van der Waals surface area (Å²) in [6, 6.07) is 0. The second-order valence-electron chi connectivity index (χ2n) is 2.42. The van der Waals surface area contributed by atoms with Gasteiger partial charge < -0.3 is 40.3 Å². The van der Waals surface area contributed by atoms with Crippen LogP contribution in [0.1, 0.15) is 12.8 Å². The van der Waals surface area contributed by atoms with Crippen LogP contribution in [-0.4, -0.2) is 34.1 Å². The molecule has 0 aliphatic carbocycles. The monoisotopic (exact) mass is 398 g/mol. The number of aliphatic carboxylic acids is 3. The molecule has 0 aliphatic heterocycles. The average Bonchev–Trinajstić information content (AvgIpc) is 1.82. The minimum absolute atomic E-state index is 0. The van der Waals surface area contributed by atoms with Crippen molar-refractivity contribution in [3.8, 4) is 0 Å². The minimum atomic E-state index is -2.97. The number of rotatable bonds is 5. The topological polar surface area (TPSA) is 171 Å². The van der Waals surface area contributed by atoms with Crippen molar-refractivity contribution in [1.82, 2.24) is 0 Å². The summed E-state index contributed by atoms with van der Waals surface area (Å²) < 4.78 is 0. The summed E-state index contributed by atoms with van der Waals surface area (Å²) in [6.45, 7) is 0. The van der Waals surface area contributed by atoms with Crippen molar-refractivity contribution >= 4 is 30.3 Å². The first-order chi connectivity index (χ1) is 5.78. The van der Waals surface area contributed by atoms with Crippen molar-refractivity contribution in [2.75, 3.05) is 0 Å². The van der Waals surface area contributed by atoms with Crippen LogP contribution in [0.4, 0.5) is 0 Å². The summed E-state index contributed by atoms with van der Waals surface area (Å²) in [5.41, 5.74) is -2.97. The van der Waals surface area contributed by atoms with Gasteiger partial charge in [-0.2, -0.15) is 0 Å². The molecule has 8 nitrogen and oxygen atoms in total. The van der Waals surface area contributed by atoms with Crippen molar-refractivity contribution in [2.45, 2.75) is 18.4 Å². The maximum absolute atomic E-state index is 10.1. The van der Waals surface area contributed by atoms with Gasteiger partial charge >= 0.3 is 206 Å². The van der Waals surface area contributed by atoms with Crippen LogP contribution in [0.2, 0.25) is 0 Å². The number of hydrogen-bond acceptors (Lipinski definition) is 8. The first-order valence-electron chi connectivity index (χ1n) is 3.11. The van der Waals surface area contributed by atoms with E-state index >= 15 is 0 Å². The van der Waals surface area contributed by atoms with Crippen molar-refractivity contribution < 1.29 is 246 Å². The molecule has 19 heavy (non-hydrogen) atoms. The van der Waals surface area contributed by atoms with Gasteiger partial charge in [-0.15, -0.1) is 12.4 Å². The summed E-state index contributed by atoms with van der Waals surface area (Å²) in [5.74, 6) is -5.98. The molecule has 0 bridgehead atoms. The maximum Gasteiger partial charge on any atom is 1.00 e. The van der Waals surface area contributed by atoms with E-state index in [1.807, 2.05) is 0 Å². The number of carbonyl (C=O) groups excluding carboxylic acids is 3. The van der Waals surface area contributed by atoms with Gasteiger partial charge in [-0.3, -0.25) is 0 Å². The van der Waals surface area contributed by atoms with Gasteiger partial charge in [-0.05, 0) is 0 Å². The number of halogens is 1. The smallest absolute Gasteiger partial charge is 0.870 e. The Morgan fingerprint density at radius 2 is 1.05 bits per heavy atom. The molecule has 0 aromatic rings. The molecule has 2 N–H and O–H groups in total. The van der Waals surface area contributed by atoms with Crippen LogP contribution in [0.15, 0.2) is 0 Å². The molecular formula is C6H7ClK4O8. The average molecular weight is 399 g/mol. The summed E-state index contributed by atoms with van der Waals surface area (Å²) in [5, 5.41) is 38.9. The Labute approximate surface area is 286 Å². The van der Waals surface area contributed by atoms with Gasteiger partial charge in [0.05, 0.1) is 5.97 Å². The van der Waals surface area contributed by atoms with Crippen LogP contribution >= 0.6 is 12.4 Å². The van der Waals surface area contributed by atoms with Crippen LogP contribution in [-0.2, 0) is 14.4 Å². The van der Waals surface area contributed by atoms with Gasteiger partial charge in [0.2, 0.25) is 0 Å². The van der Waals surface area contributed by atoms with Crippen molar-refractivity contribution in [3.63, 3.8) is 0 Å². The summed E-state index contributed by atoms with van der Waals surface area (Å²) >= 11 is 0. The molecule has 0 spiro atoms. The second kappa shape index (κ2) is 23.2. The van der Waals surface area contributed by atoms with E-state index in [1.165, 1.54) is 0 Å². The predicted molar refractivity (Wildman–Crippen MR) is 38.4 cm³/mol. The van der Waals surface area contributed by atoms with E-state index in [1.54, 1.807) is 0 Å². The maximum atomic E-state index is 10.1. The van der Waals surface area contributed by atoms with E-state index in [0.29, 0.717) is 0 Å². The fraction of sp³-hybridized carbons (Fsp3) is 0.500. The molecule has 0 fully saturated rings. The van der Waals surface area contributed by atoms with Crippen LogP contribution in [0, 0.1) is 0 Å². The minimum Gasteiger partial charge on any atom is -0.870 e. The predicted octanol–water partition coefficient (Wildman–Crippen LogP) is -17.0. The Morgan fingerprint density at radius 3 is 1.16 bits per heavy atom. The summed E-state index contributed by atoms with van der Waals surface area (Å²) in [7, 11) is 0. The van der Waals surface area contributed by atoms with Gasteiger partial charge in [0, 0.05) is 24.8 Å². The fourth-order valence-electron chi connectivity index (χ4n) is 0.684. The van der Waals surface area contributed by atoms with E-state index in [4.69, 9.17) is 5.11 Å². The summed E-state index contributed by atoms with van der Waals surface area (Å²) in [6.07, 6.45) is -2.72.